The Morgan fingerprint density at radius 1 is 1.33 bits per heavy atom. The highest BCUT2D eigenvalue weighted by Gasteiger charge is 2.21. The summed E-state index contributed by atoms with van der Waals surface area (Å²) < 4.78 is 5.51. The van der Waals surface area contributed by atoms with Gasteiger partial charge in [-0.15, -0.1) is 0 Å². The molecular formula is C14H20N2O2. The van der Waals surface area contributed by atoms with Crippen LogP contribution in [0.15, 0.2) is 24.3 Å². The SMILES string of the molecule is Nc1ccccc1OCCNC(=O)C1CCCC1. The Labute approximate surface area is 108 Å². The van der Waals surface area contributed by atoms with Gasteiger partial charge in [0.05, 0.1) is 12.2 Å². The zero-order valence-corrected chi connectivity index (χ0v) is 10.5. The third kappa shape index (κ3) is 3.39. The summed E-state index contributed by atoms with van der Waals surface area (Å²) in [5.74, 6) is 1.05. The summed E-state index contributed by atoms with van der Waals surface area (Å²) in [6.45, 7) is 0.982. The Hall–Kier alpha value is -1.71. The minimum atomic E-state index is 0.164. The second kappa shape index (κ2) is 6.28. The second-order valence-electron chi connectivity index (χ2n) is 4.66. The minimum Gasteiger partial charge on any atom is -0.490 e. The molecule has 4 heteroatoms. The van der Waals surface area contributed by atoms with Gasteiger partial charge in [0.25, 0.3) is 0 Å². The number of para-hydroxylation sites is 2. The summed E-state index contributed by atoms with van der Waals surface area (Å²) in [5.41, 5.74) is 6.37. The van der Waals surface area contributed by atoms with Gasteiger partial charge >= 0.3 is 0 Å². The molecule has 4 nitrogen and oxygen atoms in total. The van der Waals surface area contributed by atoms with Crippen LogP contribution >= 0.6 is 0 Å². The average molecular weight is 248 g/mol. The highest BCUT2D eigenvalue weighted by atomic mass is 16.5. The predicted molar refractivity (Wildman–Crippen MR) is 71.3 cm³/mol. The fraction of sp³-hybridized carbons (Fsp3) is 0.500. The molecule has 1 amide bonds. The number of anilines is 1. The van der Waals surface area contributed by atoms with Crippen molar-refractivity contribution in [2.24, 2.45) is 5.92 Å². The second-order valence-corrected chi connectivity index (χ2v) is 4.66. The molecule has 1 fully saturated rings. The molecule has 0 aliphatic heterocycles. The Morgan fingerprint density at radius 2 is 2.06 bits per heavy atom. The summed E-state index contributed by atoms with van der Waals surface area (Å²) >= 11 is 0. The number of amides is 1. The first-order valence-electron chi connectivity index (χ1n) is 6.52. The molecule has 0 saturated heterocycles. The molecule has 0 spiro atoms. The first-order chi connectivity index (χ1) is 8.77. The van der Waals surface area contributed by atoms with E-state index in [1.807, 2.05) is 18.2 Å². The lowest BCUT2D eigenvalue weighted by Crippen LogP contribution is -2.32. The van der Waals surface area contributed by atoms with Gasteiger partial charge in [0.2, 0.25) is 5.91 Å². The molecule has 18 heavy (non-hydrogen) atoms. The Bertz CT molecular complexity index is 401. The van der Waals surface area contributed by atoms with Crippen LogP contribution in [0.1, 0.15) is 25.7 Å². The van der Waals surface area contributed by atoms with Gasteiger partial charge in [-0.3, -0.25) is 4.79 Å². The molecule has 2 rings (SSSR count). The Kier molecular flexibility index (Phi) is 4.45. The molecular weight excluding hydrogens is 228 g/mol. The summed E-state index contributed by atoms with van der Waals surface area (Å²) in [6, 6.07) is 7.37. The van der Waals surface area contributed by atoms with E-state index < -0.39 is 0 Å². The highest BCUT2D eigenvalue weighted by Crippen LogP contribution is 2.24. The van der Waals surface area contributed by atoms with Gasteiger partial charge in [-0.25, -0.2) is 0 Å². The molecule has 98 valence electrons. The van der Waals surface area contributed by atoms with Crippen LogP contribution in [0.3, 0.4) is 0 Å². The van der Waals surface area contributed by atoms with Crippen molar-refractivity contribution in [3.05, 3.63) is 24.3 Å². The van der Waals surface area contributed by atoms with Crippen LogP contribution in [-0.4, -0.2) is 19.1 Å². The standard InChI is InChI=1S/C14H20N2O2/c15-12-7-3-4-8-13(12)18-10-9-16-14(17)11-5-1-2-6-11/h3-4,7-8,11H,1-2,5-6,9-10,15H2,(H,16,17). The number of benzene rings is 1. The third-order valence-corrected chi connectivity index (χ3v) is 3.30. The number of hydrogen-bond donors (Lipinski definition) is 2. The van der Waals surface area contributed by atoms with Gasteiger partial charge in [-0.2, -0.15) is 0 Å². The number of hydrogen-bond acceptors (Lipinski definition) is 3. The van der Waals surface area contributed by atoms with Crippen molar-refractivity contribution in [1.29, 1.82) is 0 Å². The maximum Gasteiger partial charge on any atom is 0.223 e. The fourth-order valence-corrected chi connectivity index (χ4v) is 2.28. The van der Waals surface area contributed by atoms with E-state index in [1.54, 1.807) is 6.07 Å². The smallest absolute Gasteiger partial charge is 0.223 e. The van der Waals surface area contributed by atoms with Crippen molar-refractivity contribution >= 4 is 11.6 Å². The number of nitrogen functional groups attached to an aromatic ring is 1. The van der Waals surface area contributed by atoms with Gasteiger partial charge in [0.15, 0.2) is 0 Å². The lowest BCUT2D eigenvalue weighted by Gasteiger charge is -2.12. The topological polar surface area (TPSA) is 64.3 Å². The molecule has 1 aliphatic carbocycles. The van der Waals surface area contributed by atoms with Crippen LogP contribution in [0.25, 0.3) is 0 Å². The molecule has 0 heterocycles. The van der Waals surface area contributed by atoms with E-state index in [4.69, 9.17) is 10.5 Å². The monoisotopic (exact) mass is 248 g/mol. The van der Waals surface area contributed by atoms with Crippen molar-refractivity contribution < 1.29 is 9.53 Å². The van der Waals surface area contributed by atoms with Crippen LogP contribution in [0.5, 0.6) is 5.75 Å². The molecule has 0 bridgehead atoms. The van der Waals surface area contributed by atoms with Crippen molar-refractivity contribution in [2.75, 3.05) is 18.9 Å². The molecule has 0 radical (unpaired) electrons. The number of nitrogens with two attached hydrogens (primary N) is 1. The normalized spacial score (nSPS) is 15.6. The quantitative estimate of drug-likeness (QED) is 0.618. The summed E-state index contributed by atoms with van der Waals surface area (Å²) in [4.78, 5) is 11.7. The summed E-state index contributed by atoms with van der Waals surface area (Å²) in [5, 5.41) is 2.91. The van der Waals surface area contributed by atoms with Crippen LogP contribution in [-0.2, 0) is 4.79 Å². The van der Waals surface area contributed by atoms with E-state index >= 15 is 0 Å². The van der Waals surface area contributed by atoms with Crippen molar-refractivity contribution in [2.45, 2.75) is 25.7 Å². The molecule has 0 aromatic heterocycles. The molecule has 3 N–H and O–H groups in total. The number of carbonyl (C=O) groups is 1. The van der Waals surface area contributed by atoms with Gasteiger partial charge in [0, 0.05) is 5.92 Å². The van der Waals surface area contributed by atoms with Crippen molar-refractivity contribution in [3.63, 3.8) is 0 Å². The van der Waals surface area contributed by atoms with Gasteiger partial charge < -0.3 is 15.8 Å². The summed E-state index contributed by atoms with van der Waals surface area (Å²) in [6.07, 6.45) is 4.40. The molecule has 1 aliphatic rings. The van der Waals surface area contributed by atoms with E-state index in [0.717, 1.165) is 12.8 Å². The predicted octanol–water partition coefficient (Wildman–Crippen LogP) is 1.95. The van der Waals surface area contributed by atoms with Crippen molar-refractivity contribution in [1.82, 2.24) is 5.32 Å². The van der Waals surface area contributed by atoms with Crippen LogP contribution in [0.2, 0.25) is 0 Å². The maximum atomic E-state index is 11.7. The first kappa shape index (κ1) is 12.7. The fourth-order valence-electron chi connectivity index (χ4n) is 2.28. The van der Waals surface area contributed by atoms with Crippen LogP contribution < -0.4 is 15.8 Å². The zero-order chi connectivity index (χ0) is 12.8. The number of rotatable bonds is 5. The number of nitrogens with one attached hydrogen (secondary N) is 1. The van der Waals surface area contributed by atoms with E-state index in [1.165, 1.54) is 12.8 Å². The van der Waals surface area contributed by atoms with E-state index in [-0.39, 0.29) is 11.8 Å². The van der Waals surface area contributed by atoms with E-state index in [0.29, 0.717) is 24.6 Å². The highest BCUT2D eigenvalue weighted by molar-refractivity contribution is 5.78. The molecule has 0 unspecified atom stereocenters. The van der Waals surface area contributed by atoms with Gasteiger partial charge in [-0.1, -0.05) is 25.0 Å². The van der Waals surface area contributed by atoms with Gasteiger partial charge in [-0.05, 0) is 25.0 Å². The molecule has 1 aromatic carbocycles. The lowest BCUT2D eigenvalue weighted by atomic mass is 10.1. The van der Waals surface area contributed by atoms with E-state index in [9.17, 15) is 4.79 Å². The third-order valence-electron chi connectivity index (χ3n) is 3.30. The lowest BCUT2D eigenvalue weighted by molar-refractivity contribution is -0.124. The summed E-state index contributed by atoms with van der Waals surface area (Å²) in [7, 11) is 0. The molecule has 1 saturated carbocycles. The zero-order valence-electron chi connectivity index (χ0n) is 10.5. The molecule has 1 aromatic rings. The van der Waals surface area contributed by atoms with Crippen molar-refractivity contribution in [3.8, 4) is 5.75 Å². The van der Waals surface area contributed by atoms with Gasteiger partial charge in [0.1, 0.15) is 12.4 Å². The van der Waals surface area contributed by atoms with Crippen LogP contribution in [0.4, 0.5) is 5.69 Å². The number of ether oxygens (including phenoxy) is 1. The largest absolute Gasteiger partial charge is 0.490 e. The minimum absolute atomic E-state index is 0.164. The maximum absolute atomic E-state index is 11.7. The van der Waals surface area contributed by atoms with E-state index in [2.05, 4.69) is 5.32 Å². The Balaban J connectivity index is 1.67. The Morgan fingerprint density at radius 3 is 2.78 bits per heavy atom. The molecule has 0 atom stereocenters. The first-order valence-corrected chi connectivity index (χ1v) is 6.52. The number of carbonyl (C=O) groups excluding carboxylic acids is 1. The average Bonchev–Trinajstić information content (AvgIpc) is 2.90. The van der Waals surface area contributed by atoms with Crippen LogP contribution in [0, 0.1) is 5.92 Å².